The van der Waals surface area contributed by atoms with E-state index in [2.05, 4.69) is 10.3 Å². The summed E-state index contributed by atoms with van der Waals surface area (Å²) in [6, 6.07) is 7.70. The van der Waals surface area contributed by atoms with Crippen LogP contribution >= 0.6 is 0 Å². The van der Waals surface area contributed by atoms with Crippen LogP contribution in [-0.2, 0) is 4.74 Å². The predicted octanol–water partition coefficient (Wildman–Crippen LogP) is 1.30. The lowest BCUT2D eigenvalue weighted by Gasteiger charge is -2.05. The molecule has 2 aromatic rings. The molecule has 0 radical (unpaired) electrons. The van der Waals surface area contributed by atoms with Crippen molar-refractivity contribution in [3.8, 4) is 0 Å². The Morgan fingerprint density at radius 1 is 1.32 bits per heavy atom. The molecule has 1 aromatic carbocycles. The maximum Gasteiger partial charge on any atom is 0.253 e. The van der Waals surface area contributed by atoms with Crippen LogP contribution in [0.5, 0.6) is 0 Å². The Hall–Kier alpha value is -1.85. The molecule has 0 atom stereocenters. The van der Waals surface area contributed by atoms with Gasteiger partial charge in [0.05, 0.1) is 18.8 Å². The fraction of sp³-hybridized carbons (Fsp3) is 0.357. The van der Waals surface area contributed by atoms with Gasteiger partial charge in [0.15, 0.2) is 0 Å². The smallest absolute Gasteiger partial charge is 0.253 e. The maximum atomic E-state index is 12.0. The number of H-pyrrole nitrogens is 1. The lowest BCUT2D eigenvalue weighted by Crippen LogP contribution is -2.25. The number of aromatic nitrogens is 1. The molecule has 1 heterocycles. The van der Waals surface area contributed by atoms with Gasteiger partial charge in [0.2, 0.25) is 0 Å². The molecule has 0 aliphatic carbocycles. The summed E-state index contributed by atoms with van der Waals surface area (Å²) in [6.07, 6.45) is 2.45. The number of hydrogen-bond acceptors (Lipinski definition) is 3. The zero-order valence-corrected chi connectivity index (χ0v) is 10.7. The fourth-order valence-electron chi connectivity index (χ4n) is 1.90. The zero-order valence-electron chi connectivity index (χ0n) is 10.7. The van der Waals surface area contributed by atoms with E-state index < -0.39 is 0 Å². The van der Waals surface area contributed by atoms with Gasteiger partial charge >= 0.3 is 0 Å². The summed E-state index contributed by atoms with van der Waals surface area (Å²) in [5, 5.41) is 12.3. The third-order valence-electron chi connectivity index (χ3n) is 2.82. The third kappa shape index (κ3) is 3.56. The lowest BCUT2D eigenvalue weighted by atomic mass is 10.1. The molecule has 2 rings (SSSR count). The van der Waals surface area contributed by atoms with Gasteiger partial charge in [-0.3, -0.25) is 4.79 Å². The van der Waals surface area contributed by atoms with Crippen molar-refractivity contribution in [2.24, 2.45) is 0 Å². The van der Waals surface area contributed by atoms with E-state index in [4.69, 9.17) is 9.84 Å². The minimum atomic E-state index is -0.0837. The van der Waals surface area contributed by atoms with Gasteiger partial charge in [-0.05, 0) is 12.5 Å². The molecule has 5 heteroatoms. The average Bonchev–Trinajstić information content (AvgIpc) is 2.86. The number of aliphatic hydroxyl groups is 1. The van der Waals surface area contributed by atoms with E-state index in [-0.39, 0.29) is 12.5 Å². The Kier molecular flexibility index (Phi) is 4.94. The molecule has 0 bridgehead atoms. The Bertz CT molecular complexity index is 536. The molecule has 0 aliphatic rings. The topological polar surface area (TPSA) is 74.3 Å². The molecule has 1 aromatic heterocycles. The van der Waals surface area contributed by atoms with Gasteiger partial charge in [0.1, 0.15) is 0 Å². The van der Waals surface area contributed by atoms with Crippen molar-refractivity contribution in [2.45, 2.75) is 6.42 Å². The normalized spacial score (nSPS) is 10.8. The van der Waals surface area contributed by atoms with Crippen molar-refractivity contribution >= 4 is 16.8 Å². The van der Waals surface area contributed by atoms with Gasteiger partial charge in [-0.1, -0.05) is 18.2 Å². The van der Waals surface area contributed by atoms with Gasteiger partial charge in [0, 0.05) is 30.3 Å². The van der Waals surface area contributed by atoms with E-state index in [1.165, 1.54) is 0 Å². The molecule has 3 N–H and O–H groups in total. The summed E-state index contributed by atoms with van der Waals surface area (Å²) in [5.41, 5.74) is 1.62. The number of aliphatic hydroxyl groups excluding tert-OH is 1. The second-order valence-corrected chi connectivity index (χ2v) is 4.19. The van der Waals surface area contributed by atoms with Crippen LogP contribution in [0, 0.1) is 0 Å². The molecule has 5 nitrogen and oxygen atoms in total. The number of amides is 1. The highest BCUT2D eigenvalue weighted by Crippen LogP contribution is 2.17. The van der Waals surface area contributed by atoms with Gasteiger partial charge in [-0.25, -0.2) is 0 Å². The van der Waals surface area contributed by atoms with Crippen LogP contribution in [0.25, 0.3) is 10.9 Å². The molecule has 0 saturated heterocycles. The number of carbonyl (C=O) groups excluding carboxylic acids is 1. The largest absolute Gasteiger partial charge is 0.394 e. The first-order valence-electron chi connectivity index (χ1n) is 6.36. The number of ether oxygens (including phenoxy) is 1. The lowest BCUT2D eigenvalue weighted by molar-refractivity contribution is 0.0868. The number of para-hydroxylation sites is 1. The van der Waals surface area contributed by atoms with Gasteiger partial charge in [-0.2, -0.15) is 0 Å². The molecule has 102 valence electrons. The minimum absolute atomic E-state index is 0.0295. The zero-order chi connectivity index (χ0) is 13.5. The molecule has 0 aliphatic heterocycles. The molecule has 0 unspecified atom stereocenters. The quantitative estimate of drug-likeness (QED) is 0.658. The van der Waals surface area contributed by atoms with Crippen molar-refractivity contribution in [2.75, 3.05) is 26.4 Å². The van der Waals surface area contributed by atoms with Gasteiger partial charge in [-0.15, -0.1) is 0 Å². The first-order chi connectivity index (χ1) is 9.33. The Morgan fingerprint density at radius 2 is 2.16 bits per heavy atom. The van der Waals surface area contributed by atoms with Crippen molar-refractivity contribution in [1.82, 2.24) is 10.3 Å². The van der Waals surface area contributed by atoms with E-state index in [9.17, 15) is 4.79 Å². The monoisotopic (exact) mass is 262 g/mol. The van der Waals surface area contributed by atoms with Crippen LogP contribution in [0.15, 0.2) is 30.5 Å². The molecular weight excluding hydrogens is 244 g/mol. The van der Waals surface area contributed by atoms with Crippen molar-refractivity contribution in [3.63, 3.8) is 0 Å². The van der Waals surface area contributed by atoms with Crippen LogP contribution in [0.3, 0.4) is 0 Å². The molecule has 1 amide bonds. The Morgan fingerprint density at radius 3 is 3.00 bits per heavy atom. The number of benzene rings is 1. The maximum absolute atomic E-state index is 12.0. The number of nitrogens with one attached hydrogen (secondary N) is 2. The molecule has 0 spiro atoms. The first-order valence-corrected chi connectivity index (χ1v) is 6.36. The van der Waals surface area contributed by atoms with Crippen molar-refractivity contribution < 1.29 is 14.6 Å². The van der Waals surface area contributed by atoms with Crippen LogP contribution in [0.4, 0.5) is 0 Å². The second-order valence-electron chi connectivity index (χ2n) is 4.19. The number of carbonyl (C=O) groups is 1. The van der Waals surface area contributed by atoms with Gasteiger partial charge in [0.25, 0.3) is 5.91 Å². The molecule has 0 saturated carbocycles. The number of fused-ring (bicyclic) bond motifs is 1. The number of hydrogen-bond donors (Lipinski definition) is 3. The summed E-state index contributed by atoms with van der Waals surface area (Å²) >= 11 is 0. The summed E-state index contributed by atoms with van der Waals surface area (Å²) in [6.45, 7) is 1.47. The number of aromatic amines is 1. The molecule has 19 heavy (non-hydrogen) atoms. The predicted molar refractivity (Wildman–Crippen MR) is 73.2 cm³/mol. The van der Waals surface area contributed by atoms with E-state index in [0.717, 1.165) is 17.3 Å². The molecular formula is C14H18N2O3. The Labute approximate surface area is 111 Å². The fourth-order valence-corrected chi connectivity index (χ4v) is 1.90. The van der Waals surface area contributed by atoms with Crippen LogP contribution < -0.4 is 5.32 Å². The van der Waals surface area contributed by atoms with Crippen LogP contribution in [0.2, 0.25) is 0 Å². The SMILES string of the molecule is O=C(NCCCOCCO)c1c[nH]c2ccccc12. The summed E-state index contributed by atoms with van der Waals surface area (Å²) in [5.74, 6) is -0.0837. The van der Waals surface area contributed by atoms with E-state index in [0.29, 0.717) is 25.3 Å². The van der Waals surface area contributed by atoms with E-state index in [1.54, 1.807) is 6.20 Å². The third-order valence-corrected chi connectivity index (χ3v) is 2.82. The summed E-state index contributed by atoms with van der Waals surface area (Å²) < 4.78 is 5.12. The molecule has 0 fully saturated rings. The second kappa shape index (κ2) is 6.92. The Balaban J connectivity index is 1.83. The standard InChI is InChI=1S/C14H18N2O3/c17-7-9-19-8-3-6-15-14(18)12-10-16-13-5-2-1-4-11(12)13/h1-2,4-5,10,16-17H,3,6-9H2,(H,15,18). The highest BCUT2D eigenvalue weighted by molar-refractivity contribution is 6.06. The van der Waals surface area contributed by atoms with Crippen LogP contribution in [0.1, 0.15) is 16.8 Å². The van der Waals surface area contributed by atoms with Crippen molar-refractivity contribution in [1.29, 1.82) is 0 Å². The van der Waals surface area contributed by atoms with E-state index >= 15 is 0 Å². The van der Waals surface area contributed by atoms with E-state index in [1.807, 2.05) is 24.3 Å². The summed E-state index contributed by atoms with van der Waals surface area (Å²) in [7, 11) is 0. The first kappa shape index (κ1) is 13.6. The highest BCUT2D eigenvalue weighted by Gasteiger charge is 2.10. The highest BCUT2D eigenvalue weighted by atomic mass is 16.5. The van der Waals surface area contributed by atoms with Gasteiger partial charge < -0.3 is 20.1 Å². The van der Waals surface area contributed by atoms with Crippen molar-refractivity contribution in [3.05, 3.63) is 36.0 Å². The number of rotatable bonds is 7. The minimum Gasteiger partial charge on any atom is -0.394 e. The average molecular weight is 262 g/mol. The van der Waals surface area contributed by atoms with Crippen LogP contribution in [-0.4, -0.2) is 42.4 Å². The summed E-state index contributed by atoms with van der Waals surface area (Å²) in [4.78, 5) is 15.1.